The van der Waals surface area contributed by atoms with Crippen molar-refractivity contribution in [1.29, 1.82) is 0 Å². The number of benzene rings is 1. The van der Waals surface area contributed by atoms with E-state index in [1.54, 1.807) is 0 Å². The fraction of sp³-hybridized carbons (Fsp3) is 0.312. The molecule has 0 saturated heterocycles. The molecule has 0 radical (unpaired) electrons. The van der Waals surface area contributed by atoms with Crippen LogP contribution in [0.4, 0.5) is 5.82 Å². The minimum atomic E-state index is 0.0366. The molecule has 1 aromatic heterocycles. The zero-order valence-corrected chi connectivity index (χ0v) is 11.8. The molecule has 2 rings (SSSR count). The molecule has 1 unspecified atom stereocenters. The molecule has 1 aromatic carbocycles. The van der Waals surface area contributed by atoms with Gasteiger partial charge in [-0.2, -0.15) is 0 Å². The van der Waals surface area contributed by atoms with Crippen molar-refractivity contribution in [2.24, 2.45) is 5.73 Å². The highest BCUT2D eigenvalue weighted by atomic mass is 15.2. The number of pyridine rings is 1. The van der Waals surface area contributed by atoms with Crippen LogP contribution in [-0.4, -0.2) is 12.0 Å². The van der Waals surface area contributed by atoms with Crippen LogP contribution in [0.15, 0.2) is 42.6 Å². The normalized spacial score (nSPS) is 12.2. The Bertz CT molecular complexity index is 532. The number of hydrogen-bond acceptors (Lipinski definition) is 3. The highest BCUT2D eigenvalue weighted by Gasteiger charge is 2.06. The molecular weight excluding hydrogens is 234 g/mol. The van der Waals surface area contributed by atoms with Crippen LogP contribution in [-0.2, 0) is 6.54 Å². The number of aryl methyl sites for hydroxylation is 1. The molecular formula is C16H21N3. The maximum Gasteiger partial charge on any atom is 0.128 e. The smallest absolute Gasteiger partial charge is 0.128 e. The van der Waals surface area contributed by atoms with Gasteiger partial charge < -0.3 is 10.6 Å². The number of rotatable bonds is 4. The fourth-order valence-corrected chi connectivity index (χ4v) is 1.97. The largest absolute Gasteiger partial charge is 0.355 e. The highest BCUT2D eigenvalue weighted by Crippen LogP contribution is 2.17. The monoisotopic (exact) mass is 255 g/mol. The lowest BCUT2D eigenvalue weighted by atomic mass is 10.1. The van der Waals surface area contributed by atoms with Gasteiger partial charge in [-0.15, -0.1) is 0 Å². The first-order valence-electron chi connectivity index (χ1n) is 6.54. The van der Waals surface area contributed by atoms with Gasteiger partial charge in [-0.1, -0.05) is 29.8 Å². The lowest BCUT2D eigenvalue weighted by Gasteiger charge is -2.19. The molecule has 3 nitrogen and oxygen atoms in total. The molecule has 100 valence electrons. The Morgan fingerprint density at radius 2 is 1.89 bits per heavy atom. The van der Waals surface area contributed by atoms with Gasteiger partial charge in [0.05, 0.1) is 0 Å². The first-order valence-corrected chi connectivity index (χ1v) is 6.54. The third kappa shape index (κ3) is 3.55. The van der Waals surface area contributed by atoms with Crippen molar-refractivity contribution >= 4 is 5.82 Å². The molecule has 0 aliphatic carbocycles. The van der Waals surface area contributed by atoms with Gasteiger partial charge in [-0.25, -0.2) is 4.98 Å². The maximum atomic E-state index is 5.91. The SMILES string of the molecule is Cc1ccc(CN(C)c2cc(C(C)N)ccn2)cc1. The number of nitrogens with zero attached hydrogens (tertiary/aromatic N) is 2. The first kappa shape index (κ1) is 13.6. The quantitative estimate of drug-likeness (QED) is 0.913. The molecule has 0 amide bonds. The summed E-state index contributed by atoms with van der Waals surface area (Å²) in [5.74, 6) is 0.954. The number of anilines is 1. The van der Waals surface area contributed by atoms with Crippen LogP contribution >= 0.6 is 0 Å². The molecule has 1 heterocycles. The fourth-order valence-electron chi connectivity index (χ4n) is 1.97. The Labute approximate surface area is 115 Å². The van der Waals surface area contributed by atoms with Crippen molar-refractivity contribution in [1.82, 2.24) is 4.98 Å². The lowest BCUT2D eigenvalue weighted by molar-refractivity contribution is 0.809. The van der Waals surface area contributed by atoms with Gasteiger partial charge in [0.25, 0.3) is 0 Å². The summed E-state index contributed by atoms with van der Waals surface area (Å²) in [4.78, 5) is 6.54. The summed E-state index contributed by atoms with van der Waals surface area (Å²) in [6.45, 7) is 4.93. The third-order valence-corrected chi connectivity index (χ3v) is 3.23. The topological polar surface area (TPSA) is 42.1 Å². The van der Waals surface area contributed by atoms with E-state index in [9.17, 15) is 0 Å². The average Bonchev–Trinajstić information content (AvgIpc) is 2.41. The van der Waals surface area contributed by atoms with E-state index >= 15 is 0 Å². The van der Waals surface area contributed by atoms with Crippen LogP contribution in [0, 0.1) is 6.92 Å². The second kappa shape index (κ2) is 5.85. The van der Waals surface area contributed by atoms with E-state index in [1.165, 1.54) is 11.1 Å². The zero-order valence-electron chi connectivity index (χ0n) is 11.8. The molecule has 0 bridgehead atoms. The molecule has 0 aliphatic rings. The molecule has 2 N–H and O–H groups in total. The van der Waals surface area contributed by atoms with Crippen LogP contribution in [0.25, 0.3) is 0 Å². The Balaban J connectivity index is 2.13. The van der Waals surface area contributed by atoms with Crippen LogP contribution in [0.3, 0.4) is 0 Å². The molecule has 0 aliphatic heterocycles. The molecule has 3 heteroatoms. The summed E-state index contributed by atoms with van der Waals surface area (Å²) in [6.07, 6.45) is 1.82. The number of nitrogens with two attached hydrogens (primary N) is 1. The maximum absolute atomic E-state index is 5.91. The summed E-state index contributed by atoms with van der Waals surface area (Å²) in [6, 6.07) is 12.6. The molecule has 0 spiro atoms. The minimum absolute atomic E-state index is 0.0366. The summed E-state index contributed by atoms with van der Waals surface area (Å²) >= 11 is 0. The van der Waals surface area contributed by atoms with Crippen LogP contribution in [0.2, 0.25) is 0 Å². The van der Waals surface area contributed by atoms with Crippen LogP contribution < -0.4 is 10.6 Å². The third-order valence-electron chi connectivity index (χ3n) is 3.23. The number of aromatic nitrogens is 1. The van der Waals surface area contributed by atoms with Gasteiger partial charge in [0, 0.05) is 25.8 Å². The summed E-state index contributed by atoms with van der Waals surface area (Å²) in [5.41, 5.74) is 9.58. The second-order valence-electron chi connectivity index (χ2n) is 5.08. The van der Waals surface area contributed by atoms with Gasteiger partial charge in [0.15, 0.2) is 0 Å². The predicted molar refractivity (Wildman–Crippen MR) is 80.1 cm³/mol. The van der Waals surface area contributed by atoms with Crippen LogP contribution in [0.1, 0.15) is 29.7 Å². The minimum Gasteiger partial charge on any atom is -0.355 e. The lowest BCUT2D eigenvalue weighted by Crippen LogP contribution is -2.18. The van der Waals surface area contributed by atoms with Crippen molar-refractivity contribution in [2.75, 3.05) is 11.9 Å². The molecule has 19 heavy (non-hydrogen) atoms. The van der Waals surface area contributed by atoms with Crippen molar-refractivity contribution in [3.05, 3.63) is 59.3 Å². The zero-order chi connectivity index (χ0) is 13.8. The standard InChI is InChI=1S/C16H21N3/c1-12-4-6-14(7-5-12)11-19(3)16-10-15(13(2)17)8-9-18-16/h4-10,13H,11,17H2,1-3H3. The highest BCUT2D eigenvalue weighted by molar-refractivity contribution is 5.42. The Morgan fingerprint density at radius 1 is 1.21 bits per heavy atom. The average molecular weight is 255 g/mol. The molecule has 0 saturated carbocycles. The van der Waals surface area contributed by atoms with Gasteiger partial charge in [0.2, 0.25) is 0 Å². The van der Waals surface area contributed by atoms with Gasteiger partial charge in [-0.05, 0) is 37.1 Å². The van der Waals surface area contributed by atoms with Gasteiger partial charge in [0.1, 0.15) is 5.82 Å². The summed E-state index contributed by atoms with van der Waals surface area (Å²) in [7, 11) is 2.05. The van der Waals surface area contributed by atoms with Crippen molar-refractivity contribution in [2.45, 2.75) is 26.4 Å². The van der Waals surface area contributed by atoms with E-state index in [0.29, 0.717) is 0 Å². The Kier molecular flexibility index (Phi) is 4.17. The van der Waals surface area contributed by atoms with E-state index in [1.807, 2.05) is 26.2 Å². The van der Waals surface area contributed by atoms with Crippen molar-refractivity contribution in [3.8, 4) is 0 Å². The molecule has 0 fully saturated rings. The molecule has 1 atom stereocenters. The summed E-state index contributed by atoms with van der Waals surface area (Å²) in [5, 5.41) is 0. The first-order chi connectivity index (χ1) is 9.06. The van der Waals surface area contributed by atoms with E-state index < -0.39 is 0 Å². The van der Waals surface area contributed by atoms with Gasteiger partial charge in [-0.3, -0.25) is 0 Å². The Morgan fingerprint density at radius 3 is 2.53 bits per heavy atom. The van der Waals surface area contributed by atoms with E-state index in [4.69, 9.17) is 5.73 Å². The van der Waals surface area contributed by atoms with Crippen LogP contribution in [0.5, 0.6) is 0 Å². The van der Waals surface area contributed by atoms with E-state index in [-0.39, 0.29) is 6.04 Å². The second-order valence-corrected chi connectivity index (χ2v) is 5.08. The van der Waals surface area contributed by atoms with E-state index in [2.05, 4.69) is 47.1 Å². The summed E-state index contributed by atoms with van der Waals surface area (Å²) < 4.78 is 0. The molecule has 2 aromatic rings. The number of hydrogen-bond donors (Lipinski definition) is 1. The van der Waals surface area contributed by atoms with Gasteiger partial charge >= 0.3 is 0 Å². The van der Waals surface area contributed by atoms with Crippen molar-refractivity contribution in [3.63, 3.8) is 0 Å². The van der Waals surface area contributed by atoms with Crippen molar-refractivity contribution < 1.29 is 0 Å². The van der Waals surface area contributed by atoms with E-state index in [0.717, 1.165) is 17.9 Å². The predicted octanol–water partition coefficient (Wildman–Crippen LogP) is 3.05. The Hall–Kier alpha value is -1.87.